The molecule has 0 amide bonds. The molecule has 3 aliphatic heterocycles. The van der Waals surface area contributed by atoms with Crippen molar-refractivity contribution in [3.05, 3.63) is 48.0 Å². The fourth-order valence-corrected chi connectivity index (χ4v) is 9.03. The van der Waals surface area contributed by atoms with Gasteiger partial charge in [0.2, 0.25) is 0 Å². The summed E-state index contributed by atoms with van der Waals surface area (Å²) >= 11 is 0. The van der Waals surface area contributed by atoms with E-state index >= 15 is 4.39 Å². The summed E-state index contributed by atoms with van der Waals surface area (Å²) in [7, 11) is 0. The summed E-state index contributed by atoms with van der Waals surface area (Å²) in [6, 6.07) is 8.24. The van der Waals surface area contributed by atoms with Gasteiger partial charge in [0.1, 0.15) is 29.8 Å². The third-order valence-corrected chi connectivity index (χ3v) is 11.2. The zero-order chi connectivity index (χ0) is 31.2. The van der Waals surface area contributed by atoms with E-state index < -0.39 is 12.0 Å². The van der Waals surface area contributed by atoms with Crippen LogP contribution in [0.5, 0.6) is 6.01 Å². The maximum atomic E-state index is 17.2. The first-order valence-electron chi connectivity index (χ1n) is 16.6. The molecule has 238 valence electrons. The van der Waals surface area contributed by atoms with Gasteiger partial charge in [0.05, 0.1) is 28.7 Å². The van der Waals surface area contributed by atoms with E-state index in [0.717, 1.165) is 65.9 Å². The summed E-state index contributed by atoms with van der Waals surface area (Å²) in [5, 5.41) is 21.2. The number of ether oxygens (including phenoxy) is 1. The average Bonchev–Trinajstić information content (AvgIpc) is 3.81. The summed E-state index contributed by atoms with van der Waals surface area (Å²) in [6.45, 7) is 4.94. The zero-order valence-electron chi connectivity index (χ0n) is 25.8. The summed E-state index contributed by atoms with van der Waals surface area (Å²) < 4.78 is 38.0. The lowest BCUT2D eigenvalue weighted by Gasteiger charge is -2.34. The van der Waals surface area contributed by atoms with Crippen molar-refractivity contribution in [3.63, 3.8) is 0 Å². The monoisotopic (exact) mass is 625 g/mol. The Bertz CT molecular complexity index is 2000. The number of aryl methyl sites for hydroxylation is 1. The largest absolute Gasteiger partial charge is 0.461 e. The van der Waals surface area contributed by atoms with Crippen molar-refractivity contribution in [2.75, 3.05) is 37.7 Å². The molecule has 2 bridgehead atoms. The summed E-state index contributed by atoms with van der Waals surface area (Å²) in [5.41, 5.74) is 2.53. The standard InChI is InChI=1S/C35H37F2N7O2/c1-2-20-5-3-6-21-11-26-24(14-39-42-26)29(28(20)21)32-30(37)31-25(13-38-32)33(43-15-19-9-22(16-43)27(45)10-19)41-34(40-31)46-18-35-7-4-8-44(35)17-23(36)12-35/h3,5-6,11,13-14,19,22-23,27,45H,2,4,7-10,12,15-18H2,1H3,(H,39,42)/t19-,22-,23-,27-,35+/m1/s1. The van der Waals surface area contributed by atoms with Gasteiger partial charge >= 0.3 is 6.01 Å². The van der Waals surface area contributed by atoms with Gasteiger partial charge in [0, 0.05) is 49.1 Å². The van der Waals surface area contributed by atoms with E-state index in [4.69, 9.17) is 19.7 Å². The Morgan fingerprint density at radius 2 is 2.04 bits per heavy atom. The highest BCUT2D eigenvalue weighted by Crippen LogP contribution is 2.44. The number of aliphatic hydroxyl groups is 1. The van der Waals surface area contributed by atoms with Gasteiger partial charge in [-0.2, -0.15) is 15.1 Å². The second kappa shape index (κ2) is 10.5. The molecular weight excluding hydrogens is 588 g/mol. The van der Waals surface area contributed by atoms with E-state index in [9.17, 15) is 9.50 Å². The molecule has 0 radical (unpaired) electrons. The van der Waals surface area contributed by atoms with Crippen LogP contribution in [-0.4, -0.2) is 85.8 Å². The van der Waals surface area contributed by atoms with Crippen LogP contribution in [0.3, 0.4) is 0 Å². The Balaban J connectivity index is 1.21. The molecule has 2 N–H and O–H groups in total. The third-order valence-electron chi connectivity index (χ3n) is 11.2. The predicted molar refractivity (Wildman–Crippen MR) is 172 cm³/mol. The molecule has 2 aromatic carbocycles. The molecular formula is C35H37F2N7O2. The van der Waals surface area contributed by atoms with Crippen LogP contribution in [-0.2, 0) is 6.42 Å². The fraction of sp³-hybridized carbons (Fsp3) is 0.486. The normalized spacial score (nSPS) is 27.8. The van der Waals surface area contributed by atoms with Crippen LogP contribution in [0.4, 0.5) is 14.6 Å². The van der Waals surface area contributed by atoms with Gasteiger partial charge in [-0.15, -0.1) is 0 Å². The van der Waals surface area contributed by atoms with Crippen LogP contribution in [0, 0.1) is 17.7 Å². The molecule has 11 heteroatoms. The van der Waals surface area contributed by atoms with E-state index in [1.54, 1.807) is 12.4 Å². The first-order chi connectivity index (χ1) is 22.4. The van der Waals surface area contributed by atoms with Crippen molar-refractivity contribution in [2.45, 2.75) is 63.3 Å². The van der Waals surface area contributed by atoms with Gasteiger partial charge in [-0.05, 0) is 67.0 Å². The Hall–Kier alpha value is -3.96. The third kappa shape index (κ3) is 4.31. The van der Waals surface area contributed by atoms with Crippen LogP contribution >= 0.6 is 0 Å². The van der Waals surface area contributed by atoms with Gasteiger partial charge in [0.25, 0.3) is 0 Å². The van der Waals surface area contributed by atoms with E-state index in [0.29, 0.717) is 48.7 Å². The first-order valence-corrected chi connectivity index (χ1v) is 16.6. The minimum Gasteiger partial charge on any atom is -0.461 e. The topological polar surface area (TPSA) is 103 Å². The molecule has 9 nitrogen and oxygen atoms in total. The molecule has 5 aromatic rings. The molecule has 5 atom stereocenters. The van der Waals surface area contributed by atoms with Crippen LogP contribution in [0.2, 0.25) is 0 Å². The number of nitrogens with one attached hydrogen (secondary N) is 1. The van der Waals surface area contributed by atoms with Crippen molar-refractivity contribution in [2.24, 2.45) is 11.8 Å². The second-order valence-corrected chi connectivity index (χ2v) is 13.9. The SMILES string of the molecule is CCc1cccc2cc3[nH]ncc3c(-c3ncc4c(N5C[C@@H]6C[C@H](C5)[C@H](O)C6)nc(OC[C@@]56CCCN5C[C@H](F)C6)nc4c3F)c12. The number of hydrogen-bond acceptors (Lipinski definition) is 8. The van der Waals surface area contributed by atoms with E-state index in [1.807, 2.05) is 18.2 Å². The molecule has 1 aliphatic carbocycles. The van der Waals surface area contributed by atoms with Crippen molar-refractivity contribution in [1.29, 1.82) is 0 Å². The Morgan fingerprint density at radius 1 is 1.13 bits per heavy atom. The van der Waals surface area contributed by atoms with Gasteiger partial charge in [-0.25, -0.2) is 8.78 Å². The number of H-pyrrole nitrogens is 1. The van der Waals surface area contributed by atoms with Crippen molar-refractivity contribution < 1.29 is 18.6 Å². The highest BCUT2D eigenvalue weighted by Gasteiger charge is 2.49. The number of halogens is 2. The Kier molecular flexibility index (Phi) is 6.47. The van der Waals surface area contributed by atoms with Crippen LogP contribution in [0.25, 0.3) is 43.8 Å². The summed E-state index contributed by atoms with van der Waals surface area (Å²) in [5.74, 6) is 0.493. The lowest BCUT2D eigenvalue weighted by atomic mass is 9.92. The number of nitrogens with zero attached hydrogens (tertiary/aromatic N) is 6. The second-order valence-electron chi connectivity index (χ2n) is 13.9. The Labute approximate surface area is 265 Å². The number of anilines is 1. The maximum Gasteiger partial charge on any atom is 0.319 e. The molecule has 3 saturated heterocycles. The van der Waals surface area contributed by atoms with Gasteiger partial charge in [-0.3, -0.25) is 15.0 Å². The molecule has 1 saturated carbocycles. The Morgan fingerprint density at radius 3 is 2.91 bits per heavy atom. The lowest BCUT2D eigenvalue weighted by molar-refractivity contribution is 0.107. The minimum atomic E-state index is -0.883. The zero-order valence-corrected chi connectivity index (χ0v) is 25.8. The van der Waals surface area contributed by atoms with Crippen molar-refractivity contribution in [1.82, 2.24) is 30.0 Å². The fourth-order valence-electron chi connectivity index (χ4n) is 9.03. The van der Waals surface area contributed by atoms with Crippen LogP contribution in [0.15, 0.2) is 36.7 Å². The van der Waals surface area contributed by atoms with Gasteiger partial charge in [0.15, 0.2) is 5.82 Å². The van der Waals surface area contributed by atoms with Crippen LogP contribution < -0.4 is 9.64 Å². The van der Waals surface area contributed by atoms with Crippen molar-refractivity contribution >= 4 is 38.4 Å². The highest BCUT2D eigenvalue weighted by atomic mass is 19.1. The highest BCUT2D eigenvalue weighted by molar-refractivity contribution is 6.13. The number of pyridine rings is 1. The number of fused-ring (bicyclic) bond motifs is 6. The van der Waals surface area contributed by atoms with Gasteiger partial charge < -0.3 is 14.7 Å². The molecule has 9 rings (SSSR count). The molecule has 46 heavy (non-hydrogen) atoms. The molecule has 0 spiro atoms. The van der Waals surface area contributed by atoms with E-state index in [1.165, 1.54) is 0 Å². The predicted octanol–water partition coefficient (Wildman–Crippen LogP) is 5.59. The van der Waals surface area contributed by atoms with E-state index in [-0.39, 0.29) is 41.4 Å². The molecule has 3 aromatic heterocycles. The van der Waals surface area contributed by atoms with Crippen LogP contribution in [0.1, 0.15) is 44.6 Å². The molecule has 0 unspecified atom stereocenters. The number of rotatable bonds is 6. The van der Waals surface area contributed by atoms with Crippen molar-refractivity contribution in [3.8, 4) is 17.3 Å². The average molecular weight is 626 g/mol. The number of aliphatic hydroxyl groups excluding tert-OH is 1. The quantitative estimate of drug-likeness (QED) is 0.252. The molecule has 4 aliphatic rings. The van der Waals surface area contributed by atoms with Gasteiger partial charge in [-0.1, -0.05) is 25.1 Å². The molecule has 6 heterocycles. The molecule has 4 fully saturated rings. The van der Waals surface area contributed by atoms with E-state index in [2.05, 4.69) is 33.0 Å². The number of hydrogen-bond donors (Lipinski definition) is 2. The summed E-state index contributed by atoms with van der Waals surface area (Å²) in [6.07, 6.45) is 6.96. The lowest BCUT2D eigenvalue weighted by Crippen LogP contribution is -2.43. The number of piperidine rings is 1. The smallest absolute Gasteiger partial charge is 0.319 e. The number of alkyl halides is 1. The number of benzene rings is 2. The number of aromatic amines is 1. The first kappa shape index (κ1) is 28.3. The number of aromatic nitrogens is 5. The maximum absolute atomic E-state index is 17.2. The minimum absolute atomic E-state index is 0.0844. The summed E-state index contributed by atoms with van der Waals surface area (Å²) in [4.78, 5) is 18.7.